The monoisotopic (exact) mass is 285 g/mol. The van der Waals surface area contributed by atoms with Crippen LogP contribution >= 0.6 is 35.0 Å². The predicted octanol–water partition coefficient (Wildman–Crippen LogP) is 3.39. The van der Waals surface area contributed by atoms with Crippen LogP contribution in [0.5, 0.6) is 0 Å². The molecule has 0 fully saturated rings. The molecule has 1 heterocycles. The highest BCUT2D eigenvalue weighted by Gasteiger charge is 2.05. The van der Waals surface area contributed by atoms with E-state index in [1.165, 1.54) is 11.8 Å². The van der Waals surface area contributed by atoms with E-state index in [4.69, 9.17) is 28.9 Å². The Balaban J connectivity index is 2.22. The van der Waals surface area contributed by atoms with Crippen LogP contribution in [0.25, 0.3) is 0 Å². The van der Waals surface area contributed by atoms with Crippen molar-refractivity contribution in [3.05, 3.63) is 46.2 Å². The fourth-order valence-electron chi connectivity index (χ4n) is 1.15. The quantitative estimate of drug-likeness (QED) is 0.879. The van der Waals surface area contributed by atoms with E-state index in [0.29, 0.717) is 21.7 Å². The highest BCUT2D eigenvalue weighted by molar-refractivity contribution is 7.99. The summed E-state index contributed by atoms with van der Waals surface area (Å²) in [6.07, 6.45) is 3.40. The van der Waals surface area contributed by atoms with E-state index in [0.717, 1.165) is 10.5 Å². The highest BCUT2D eigenvalue weighted by Crippen LogP contribution is 2.33. The second-order valence-electron chi connectivity index (χ2n) is 3.25. The Kier molecular flexibility index (Phi) is 4.23. The van der Waals surface area contributed by atoms with Crippen LogP contribution in [0.4, 0.5) is 0 Å². The third kappa shape index (κ3) is 3.33. The normalized spacial score (nSPS) is 10.5. The van der Waals surface area contributed by atoms with Crippen LogP contribution in [0.1, 0.15) is 5.56 Å². The van der Waals surface area contributed by atoms with E-state index in [1.807, 2.05) is 0 Å². The zero-order valence-corrected chi connectivity index (χ0v) is 11.1. The molecular weight excluding hydrogens is 277 g/mol. The molecule has 1 aromatic heterocycles. The van der Waals surface area contributed by atoms with Gasteiger partial charge in [0.25, 0.3) is 0 Å². The minimum atomic E-state index is 0.433. The molecule has 0 bridgehead atoms. The molecule has 88 valence electrons. The molecule has 0 spiro atoms. The molecule has 17 heavy (non-hydrogen) atoms. The summed E-state index contributed by atoms with van der Waals surface area (Å²) in [7, 11) is 0. The molecule has 0 aliphatic carbocycles. The molecule has 0 amide bonds. The van der Waals surface area contributed by atoms with E-state index in [-0.39, 0.29) is 0 Å². The van der Waals surface area contributed by atoms with Crippen molar-refractivity contribution < 1.29 is 0 Å². The van der Waals surface area contributed by atoms with Gasteiger partial charge in [0.05, 0.1) is 5.02 Å². The zero-order valence-electron chi connectivity index (χ0n) is 8.73. The Labute approximate surface area is 113 Å². The van der Waals surface area contributed by atoms with Crippen LogP contribution in [0.2, 0.25) is 10.0 Å². The lowest BCUT2D eigenvalue weighted by atomic mass is 10.4. The van der Waals surface area contributed by atoms with E-state index in [2.05, 4.69) is 9.97 Å². The molecular formula is C11H9Cl2N3S. The van der Waals surface area contributed by atoms with Gasteiger partial charge >= 0.3 is 0 Å². The lowest BCUT2D eigenvalue weighted by Gasteiger charge is -2.03. The summed E-state index contributed by atoms with van der Waals surface area (Å²) in [4.78, 5) is 9.20. The maximum absolute atomic E-state index is 6.05. The number of halogens is 2. The first kappa shape index (κ1) is 12.6. The van der Waals surface area contributed by atoms with Crippen molar-refractivity contribution in [3.63, 3.8) is 0 Å². The van der Waals surface area contributed by atoms with Gasteiger partial charge in [-0.15, -0.1) is 0 Å². The topological polar surface area (TPSA) is 51.8 Å². The van der Waals surface area contributed by atoms with Crippen molar-refractivity contribution in [3.8, 4) is 0 Å². The Morgan fingerprint density at radius 1 is 1.18 bits per heavy atom. The summed E-state index contributed by atoms with van der Waals surface area (Å²) < 4.78 is 0. The van der Waals surface area contributed by atoms with Crippen molar-refractivity contribution in [1.82, 2.24) is 9.97 Å². The summed E-state index contributed by atoms with van der Waals surface area (Å²) in [6, 6.07) is 5.28. The first-order valence-electron chi connectivity index (χ1n) is 4.83. The van der Waals surface area contributed by atoms with Crippen LogP contribution in [-0.4, -0.2) is 9.97 Å². The zero-order chi connectivity index (χ0) is 12.3. The van der Waals surface area contributed by atoms with Crippen molar-refractivity contribution >= 4 is 35.0 Å². The molecule has 0 aliphatic heterocycles. The third-order valence-electron chi connectivity index (χ3n) is 2.01. The molecule has 0 aliphatic rings. The number of nitrogens with two attached hydrogens (primary N) is 1. The molecule has 0 unspecified atom stereocenters. The van der Waals surface area contributed by atoms with E-state index in [1.54, 1.807) is 30.6 Å². The molecule has 0 saturated heterocycles. The maximum Gasteiger partial charge on any atom is 0.192 e. The standard InChI is InChI=1S/C11H9Cl2N3S/c12-8-1-2-9(13)10(3-8)17-11-15-5-7(4-14)6-16-11/h1-3,5-6H,4,14H2. The Hall–Kier alpha value is -0.810. The molecule has 2 N–H and O–H groups in total. The Morgan fingerprint density at radius 2 is 1.88 bits per heavy atom. The van der Waals surface area contributed by atoms with E-state index < -0.39 is 0 Å². The van der Waals surface area contributed by atoms with Crippen LogP contribution < -0.4 is 5.73 Å². The van der Waals surface area contributed by atoms with Crippen LogP contribution in [-0.2, 0) is 6.54 Å². The van der Waals surface area contributed by atoms with Gasteiger partial charge in [-0.1, -0.05) is 23.2 Å². The summed E-state index contributed by atoms with van der Waals surface area (Å²) in [5.74, 6) is 0. The minimum absolute atomic E-state index is 0.433. The third-order valence-corrected chi connectivity index (χ3v) is 3.64. The maximum atomic E-state index is 6.05. The first-order chi connectivity index (χ1) is 8.19. The second-order valence-corrected chi connectivity index (χ2v) is 5.11. The molecule has 0 atom stereocenters. The van der Waals surface area contributed by atoms with Gasteiger partial charge in [-0.2, -0.15) is 0 Å². The van der Waals surface area contributed by atoms with Crippen molar-refractivity contribution in [1.29, 1.82) is 0 Å². The second kappa shape index (κ2) is 5.69. The predicted molar refractivity (Wildman–Crippen MR) is 70.5 cm³/mol. The number of benzene rings is 1. The minimum Gasteiger partial charge on any atom is -0.326 e. The van der Waals surface area contributed by atoms with Crippen LogP contribution in [0.3, 0.4) is 0 Å². The summed E-state index contributed by atoms with van der Waals surface area (Å²) in [5, 5.41) is 1.88. The van der Waals surface area contributed by atoms with Gasteiger partial charge in [0.2, 0.25) is 0 Å². The van der Waals surface area contributed by atoms with Gasteiger partial charge in [-0.3, -0.25) is 0 Å². The Morgan fingerprint density at radius 3 is 2.53 bits per heavy atom. The van der Waals surface area contributed by atoms with E-state index >= 15 is 0 Å². The van der Waals surface area contributed by atoms with Gasteiger partial charge in [0, 0.05) is 34.4 Å². The highest BCUT2D eigenvalue weighted by atomic mass is 35.5. The Bertz CT molecular complexity index is 517. The fourth-order valence-corrected chi connectivity index (χ4v) is 2.38. The van der Waals surface area contributed by atoms with Crippen molar-refractivity contribution in [2.45, 2.75) is 16.6 Å². The molecule has 0 saturated carbocycles. The van der Waals surface area contributed by atoms with Gasteiger partial charge in [-0.25, -0.2) is 9.97 Å². The number of aromatic nitrogens is 2. The van der Waals surface area contributed by atoms with Gasteiger partial charge in [0.15, 0.2) is 5.16 Å². The van der Waals surface area contributed by atoms with Crippen molar-refractivity contribution in [2.75, 3.05) is 0 Å². The lowest BCUT2D eigenvalue weighted by molar-refractivity contribution is 0.914. The molecule has 6 heteroatoms. The molecule has 1 aromatic carbocycles. The van der Waals surface area contributed by atoms with Gasteiger partial charge in [-0.05, 0) is 30.0 Å². The van der Waals surface area contributed by atoms with Gasteiger partial charge in [0.1, 0.15) is 0 Å². The largest absolute Gasteiger partial charge is 0.326 e. The average molecular weight is 286 g/mol. The fraction of sp³-hybridized carbons (Fsp3) is 0.0909. The lowest BCUT2D eigenvalue weighted by Crippen LogP contribution is -1.98. The molecule has 3 nitrogen and oxygen atoms in total. The number of nitrogens with zero attached hydrogens (tertiary/aromatic N) is 2. The van der Waals surface area contributed by atoms with Crippen molar-refractivity contribution in [2.24, 2.45) is 5.73 Å². The summed E-state index contributed by atoms with van der Waals surface area (Å²) >= 11 is 13.3. The number of hydrogen-bond acceptors (Lipinski definition) is 4. The average Bonchev–Trinajstić information content (AvgIpc) is 2.35. The van der Waals surface area contributed by atoms with Crippen LogP contribution in [0.15, 0.2) is 40.6 Å². The summed E-state index contributed by atoms with van der Waals surface area (Å²) in [6.45, 7) is 0.433. The van der Waals surface area contributed by atoms with Gasteiger partial charge < -0.3 is 5.73 Å². The molecule has 0 radical (unpaired) electrons. The smallest absolute Gasteiger partial charge is 0.192 e. The first-order valence-corrected chi connectivity index (χ1v) is 6.40. The SMILES string of the molecule is NCc1cnc(Sc2cc(Cl)ccc2Cl)nc1. The molecule has 2 rings (SSSR count). The molecule has 2 aromatic rings. The summed E-state index contributed by atoms with van der Waals surface area (Å²) in [5.41, 5.74) is 6.37. The van der Waals surface area contributed by atoms with E-state index in [9.17, 15) is 0 Å². The number of rotatable bonds is 3. The van der Waals surface area contributed by atoms with Crippen LogP contribution in [0, 0.1) is 0 Å². The number of hydrogen-bond donors (Lipinski definition) is 1.